The third kappa shape index (κ3) is 4.40. The van der Waals surface area contributed by atoms with Gasteiger partial charge in [-0.2, -0.15) is 5.10 Å². The molecule has 0 aliphatic rings. The van der Waals surface area contributed by atoms with Crippen molar-refractivity contribution in [2.45, 2.75) is 32.9 Å². The molecule has 0 unspecified atom stereocenters. The molecule has 0 fully saturated rings. The van der Waals surface area contributed by atoms with E-state index in [2.05, 4.69) is 10.4 Å². The number of hydrogen-bond acceptors (Lipinski definition) is 3. The topological polar surface area (TPSA) is 67.2 Å². The molecule has 0 radical (unpaired) electrons. The summed E-state index contributed by atoms with van der Waals surface area (Å²) in [7, 11) is 0. The first-order valence-corrected chi connectivity index (χ1v) is 9.15. The number of aromatic nitrogens is 2. The van der Waals surface area contributed by atoms with E-state index in [-0.39, 0.29) is 17.1 Å². The molecule has 0 saturated heterocycles. The maximum absolute atomic E-state index is 13.5. The minimum Gasteiger partial charge on any atom is -0.476 e. The van der Waals surface area contributed by atoms with Gasteiger partial charge < -0.3 is 10.4 Å². The molecule has 1 heterocycles. The van der Waals surface area contributed by atoms with Crippen molar-refractivity contribution in [1.82, 2.24) is 15.1 Å². The van der Waals surface area contributed by atoms with Crippen molar-refractivity contribution < 1.29 is 14.3 Å². The highest BCUT2D eigenvalue weighted by Gasteiger charge is 2.25. The first kappa shape index (κ1) is 20.0. The van der Waals surface area contributed by atoms with Gasteiger partial charge in [-0.1, -0.05) is 11.6 Å². The third-order valence-electron chi connectivity index (χ3n) is 4.17. The van der Waals surface area contributed by atoms with E-state index in [4.69, 9.17) is 11.6 Å². The Balaban J connectivity index is 2.24. The minimum atomic E-state index is -1.12. The van der Waals surface area contributed by atoms with Gasteiger partial charge in [0.15, 0.2) is 5.69 Å². The van der Waals surface area contributed by atoms with Crippen LogP contribution in [0.3, 0.4) is 0 Å². The number of carbonyl (C=O) groups is 1. The Morgan fingerprint density at radius 2 is 1.75 bits per heavy atom. The molecule has 0 atom stereocenters. The van der Waals surface area contributed by atoms with Gasteiger partial charge in [-0.05, 0) is 69.3 Å². The highest BCUT2D eigenvalue weighted by Crippen LogP contribution is 2.30. The van der Waals surface area contributed by atoms with Crippen LogP contribution in [-0.4, -0.2) is 26.4 Å². The maximum Gasteiger partial charge on any atom is 0.356 e. The van der Waals surface area contributed by atoms with Crippen LogP contribution in [0.5, 0.6) is 0 Å². The molecular weight excluding hydrogens is 381 g/mol. The normalized spacial score (nSPS) is 11.6. The molecule has 1 aromatic heterocycles. The molecule has 0 saturated carbocycles. The van der Waals surface area contributed by atoms with Crippen molar-refractivity contribution in [2.24, 2.45) is 0 Å². The van der Waals surface area contributed by atoms with Crippen molar-refractivity contribution in [1.29, 1.82) is 0 Å². The summed E-state index contributed by atoms with van der Waals surface area (Å²) in [4.78, 5) is 11.9. The van der Waals surface area contributed by atoms with Crippen molar-refractivity contribution >= 4 is 17.6 Å². The van der Waals surface area contributed by atoms with Crippen LogP contribution in [0.1, 0.15) is 36.8 Å². The van der Waals surface area contributed by atoms with Gasteiger partial charge >= 0.3 is 5.97 Å². The molecule has 0 amide bonds. The largest absolute Gasteiger partial charge is 0.476 e. The van der Waals surface area contributed by atoms with Crippen molar-refractivity contribution in [3.8, 4) is 16.9 Å². The smallest absolute Gasteiger partial charge is 0.356 e. The van der Waals surface area contributed by atoms with Gasteiger partial charge in [0.1, 0.15) is 5.82 Å². The van der Waals surface area contributed by atoms with Gasteiger partial charge in [-0.3, -0.25) is 0 Å². The molecule has 2 aromatic carbocycles. The fraction of sp³-hybridized carbons (Fsp3) is 0.238. The predicted octanol–water partition coefficient (Wildman–Crippen LogP) is 4.92. The van der Waals surface area contributed by atoms with Gasteiger partial charge in [-0.15, -0.1) is 0 Å². The number of nitrogens with one attached hydrogen (secondary N) is 1. The Morgan fingerprint density at radius 1 is 1.14 bits per heavy atom. The van der Waals surface area contributed by atoms with E-state index >= 15 is 0 Å². The minimum absolute atomic E-state index is 0.0500. The first-order chi connectivity index (χ1) is 13.2. The van der Waals surface area contributed by atoms with Crippen molar-refractivity contribution in [2.75, 3.05) is 0 Å². The molecule has 0 aliphatic heterocycles. The Hall–Kier alpha value is -2.70. The maximum atomic E-state index is 13.5. The van der Waals surface area contributed by atoms with Gasteiger partial charge in [-0.25, -0.2) is 13.9 Å². The number of nitrogens with zero attached hydrogens (tertiary/aromatic N) is 2. The van der Waals surface area contributed by atoms with Gasteiger partial charge in [0, 0.05) is 28.2 Å². The molecule has 7 heteroatoms. The van der Waals surface area contributed by atoms with E-state index < -0.39 is 5.97 Å². The number of benzene rings is 2. The highest BCUT2D eigenvalue weighted by molar-refractivity contribution is 6.30. The van der Waals surface area contributed by atoms with Crippen LogP contribution in [0.25, 0.3) is 16.9 Å². The summed E-state index contributed by atoms with van der Waals surface area (Å²) >= 11 is 5.98. The Kier molecular flexibility index (Phi) is 5.54. The zero-order valence-electron chi connectivity index (χ0n) is 15.8. The summed E-state index contributed by atoms with van der Waals surface area (Å²) in [5.74, 6) is -1.49. The summed E-state index contributed by atoms with van der Waals surface area (Å²) in [5, 5.41) is 18.0. The molecule has 0 bridgehead atoms. The van der Waals surface area contributed by atoms with Crippen LogP contribution in [0, 0.1) is 5.82 Å². The van der Waals surface area contributed by atoms with Gasteiger partial charge in [0.05, 0.1) is 11.4 Å². The average molecular weight is 402 g/mol. The Morgan fingerprint density at radius 3 is 2.29 bits per heavy atom. The second kappa shape index (κ2) is 7.73. The highest BCUT2D eigenvalue weighted by atomic mass is 35.5. The predicted molar refractivity (Wildman–Crippen MR) is 108 cm³/mol. The van der Waals surface area contributed by atoms with Crippen LogP contribution in [-0.2, 0) is 6.54 Å². The fourth-order valence-corrected chi connectivity index (χ4v) is 2.94. The molecule has 2 N–H and O–H groups in total. The molecular formula is C21H21ClFN3O2. The van der Waals surface area contributed by atoms with E-state index in [1.54, 1.807) is 41.1 Å². The van der Waals surface area contributed by atoms with E-state index in [1.807, 2.05) is 20.8 Å². The van der Waals surface area contributed by atoms with E-state index in [0.717, 1.165) is 0 Å². The molecule has 5 nitrogen and oxygen atoms in total. The molecule has 3 rings (SSSR count). The van der Waals surface area contributed by atoms with Crippen LogP contribution < -0.4 is 5.32 Å². The van der Waals surface area contributed by atoms with Crippen LogP contribution in [0.2, 0.25) is 5.02 Å². The van der Waals surface area contributed by atoms with Gasteiger partial charge in [0.25, 0.3) is 0 Å². The number of hydrogen-bond donors (Lipinski definition) is 2. The second-order valence-electron chi connectivity index (χ2n) is 7.48. The Bertz CT molecular complexity index is 990. The van der Waals surface area contributed by atoms with Crippen molar-refractivity contribution in [3.63, 3.8) is 0 Å². The lowest BCUT2D eigenvalue weighted by molar-refractivity contribution is 0.0688. The fourth-order valence-electron chi connectivity index (χ4n) is 2.82. The molecule has 0 spiro atoms. The quantitative estimate of drug-likeness (QED) is 0.636. The summed E-state index contributed by atoms with van der Waals surface area (Å²) in [6.45, 7) is 6.28. The molecule has 3 aromatic rings. The lowest BCUT2D eigenvalue weighted by Gasteiger charge is -2.21. The lowest BCUT2D eigenvalue weighted by atomic mass is 10.0. The van der Waals surface area contributed by atoms with E-state index in [1.165, 1.54) is 12.1 Å². The van der Waals surface area contributed by atoms with Crippen LogP contribution in [0.4, 0.5) is 4.39 Å². The number of aromatic carboxylic acids is 1. The molecule has 28 heavy (non-hydrogen) atoms. The average Bonchev–Trinajstić information content (AvgIpc) is 3.00. The van der Waals surface area contributed by atoms with Crippen molar-refractivity contribution in [3.05, 3.63) is 70.6 Å². The standard InChI is InChI=1S/C21H21ClFN3O2/c1-21(2,3)24-12-17-18(20(27)28)25-26(16-10-6-14(22)7-11-16)19(17)13-4-8-15(23)9-5-13/h4-11,24H,12H2,1-3H3,(H,27,28). The molecule has 146 valence electrons. The van der Waals surface area contributed by atoms with Gasteiger partial charge in [0.2, 0.25) is 0 Å². The van der Waals surface area contributed by atoms with Crippen LogP contribution in [0.15, 0.2) is 48.5 Å². The van der Waals surface area contributed by atoms with Crippen LogP contribution >= 0.6 is 11.6 Å². The Labute approximate surface area is 167 Å². The summed E-state index contributed by atoms with van der Waals surface area (Å²) < 4.78 is 15.0. The third-order valence-corrected chi connectivity index (χ3v) is 4.42. The van der Waals surface area contributed by atoms with E-state index in [0.29, 0.717) is 34.1 Å². The van der Waals surface area contributed by atoms with E-state index in [9.17, 15) is 14.3 Å². The molecule has 0 aliphatic carbocycles. The summed E-state index contributed by atoms with van der Waals surface area (Å²) in [6.07, 6.45) is 0. The number of halogens is 2. The summed E-state index contributed by atoms with van der Waals surface area (Å²) in [6, 6.07) is 12.9. The number of carboxylic acid groups (broad SMARTS) is 1. The summed E-state index contributed by atoms with van der Waals surface area (Å²) in [5.41, 5.74) is 2.18. The zero-order chi connectivity index (χ0) is 20.5. The SMILES string of the molecule is CC(C)(C)NCc1c(C(=O)O)nn(-c2ccc(Cl)cc2)c1-c1ccc(F)cc1. The number of rotatable bonds is 5. The number of carboxylic acids is 1. The first-order valence-electron chi connectivity index (χ1n) is 8.78. The monoisotopic (exact) mass is 401 g/mol. The second-order valence-corrected chi connectivity index (χ2v) is 7.92. The zero-order valence-corrected chi connectivity index (χ0v) is 16.6. The lowest BCUT2D eigenvalue weighted by Crippen LogP contribution is -2.35.